The number of amides is 1. The Balaban J connectivity index is 2.19. The van der Waals surface area contributed by atoms with E-state index in [1.54, 1.807) is 0 Å². The van der Waals surface area contributed by atoms with Crippen molar-refractivity contribution in [1.29, 1.82) is 0 Å². The first kappa shape index (κ1) is 13.2. The maximum atomic E-state index is 12.4. The molecular formula is C14H19ClN2O. The number of anilines is 1. The molecule has 1 aromatic carbocycles. The van der Waals surface area contributed by atoms with E-state index >= 15 is 0 Å². The number of rotatable bonds is 2. The highest BCUT2D eigenvalue weighted by atomic mass is 35.5. The number of carbonyl (C=O) groups excluding carboxylic acids is 1. The van der Waals surface area contributed by atoms with Crippen LogP contribution in [-0.2, 0) is 17.8 Å². The number of carbonyl (C=O) groups is 1. The predicted octanol–water partition coefficient (Wildman–Crippen LogP) is 2.42. The van der Waals surface area contributed by atoms with Gasteiger partial charge in [0, 0.05) is 24.7 Å². The molecule has 0 bridgehead atoms. The molecule has 0 fully saturated rings. The normalized spacial score (nSPS) is 15.4. The Bertz CT molecular complexity index is 471. The van der Waals surface area contributed by atoms with Gasteiger partial charge in [-0.15, -0.1) is 11.6 Å². The molecule has 0 saturated heterocycles. The highest BCUT2D eigenvalue weighted by Gasteiger charge is 2.32. The lowest BCUT2D eigenvalue weighted by Crippen LogP contribution is -2.44. The first-order valence-corrected chi connectivity index (χ1v) is 6.70. The molecule has 0 saturated carbocycles. The summed E-state index contributed by atoms with van der Waals surface area (Å²) < 4.78 is 0. The van der Waals surface area contributed by atoms with Gasteiger partial charge < -0.3 is 10.6 Å². The zero-order chi connectivity index (χ0) is 13.3. The maximum Gasteiger partial charge on any atom is 0.229 e. The van der Waals surface area contributed by atoms with E-state index in [9.17, 15) is 4.79 Å². The molecule has 1 amide bonds. The molecule has 18 heavy (non-hydrogen) atoms. The lowest BCUT2D eigenvalue weighted by atomic mass is 9.91. The van der Waals surface area contributed by atoms with E-state index in [4.69, 9.17) is 17.3 Å². The van der Waals surface area contributed by atoms with Gasteiger partial charge >= 0.3 is 0 Å². The van der Waals surface area contributed by atoms with Gasteiger partial charge in [-0.05, 0) is 43.5 Å². The van der Waals surface area contributed by atoms with Gasteiger partial charge in [0.1, 0.15) is 0 Å². The predicted molar refractivity (Wildman–Crippen MR) is 74.5 cm³/mol. The van der Waals surface area contributed by atoms with E-state index in [1.165, 1.54) is 5.56 Å². The zero-order valence-corrected chi connectivity index (χ0v) is 11.6. The zero-order valence-electron chi connectivity index (χ0n) is 10.9. The molecule has 0 atom stereocenters. The highest BCUT2D eigenvalue weighted by molar-refractivity contribution is 6.19. The molecular weight excluding hydrogens is 248 g/mol. The highest BCUT2D eigenvalue weighted by Crippen LogP contribution is 2.26. The second kappa shape index (κ2) is 4.81. The summed E-state index contributed by atoms with van der Waals surface area (Å²) in [5.41, 5.74) is 8.48. The summed E-state index contributed by atoms with van der Waals surface area (Å²) in [4.78, 5) is 14.2. The molecule has 3 nitrogen and oxygen atoms in total. The van der Waals surface area contributed by atoms with Crippen LogP contribution in [0.1, 0.15) is 25.0 Å². The van der Waals surface area contributed by atoms with Crippen LogP contribution in [0.2, 0.25) is 0 Å². The number of fused-ring (bicyclic) bond motifs is 1. The smallest absolute Gasteiger partial charge is 0.229 e. The second-order valence-corrected chi connectivity index (χ2v) is 5.79. The van der Waals surface area contributed by atoms with Gasteiger partial charge in [-0.1, -0.05) is 6.07 Å². The maximum absolute atomic E-state index is 12.4. The SMILES string of the molecule is CC(C)(CCl)C(=O)N1CCc2ccc(N)cc2C1. The molecule has 1 aliphatic heterocycles. The minimum absolute atomic E-state index is 0.116. The third-order valence-electron chi connectivity index (χ3n) is 3.44. The lowest BCUT2D eigenvalue weighted by Gasteiger charge is -2.34. The molecule has 98 valence electrons. The minimum Gasteiger partial charge on any atom is -0.399 e. The Labute approximate surface area is 113 Å². The van der Waals surface area contributed by atoms with Crippen molar-refractivity contribution in [2.45, 2.75) is 26.8 Å². The fourth-order valence-electron chi connectivity index (χ4n) is 2.24. The van der Waals surface area contributed by atoms with Gasteiger partial charge in [-0.25, -0.2) is 0 Å². The molecule has 0 aliphatic carbocycles. The van der Waals surface area contributed by atoms with Gasteiger partial charge in [0.05, 0.1) is 5.41 Å². The van der Waals surface area contributed by atoms with Crippen LogP contribution in [-0.4, -0.2) is 23.2 Å². The lowest BCUT2D eigenvalue weighted by molar-refractivity contribution is -0.140. The summed E-state index contributed by atoms with van der Waals surface area (Å²) in [6, 6.07) is 5.93. The Morgan fingerprint density at radius 1 is 1.44 bits per heavy atom. The van der Waals surface area contributed by atoms with Crippen LogP contribution in [0.25, 0.3) is 0 Å². The molecule has 2 N–H and O–H groups in total. The van der Waals surface area contributed by atoms with Gasteiger partial charge in [0.2, 0.25) is 5.91 Å². The molecule has 1 aromatic rings. The standard InChI is InChI=1S/C14H19ClN2O/c1-14(2,9-15)13(18)17-6-5-10-3-4-12(16)7-11(10)8-17/h3-4,7H,5-6,8-9,16H2,1-2H3. The average Bonchev–Trinajstić information content (AvgIpc) is 2.36. The summed E-state index contributed by atoms with van der Waals surface area (Å²) in [5.74, 6) is 0.456. The number of alkyl halides is 1. The number of benzene rings is 1. The summed E-state index contributed by atoms with van der Waals surface area (Å²) in [6.45, 7) is 5.17. The van der Waals surface area contributed by atoms with E-state index in [1.807, 2.05) is 30.9 Å². The molecule has 1 aliphatic rings. The molecule has 1 heterocycles. The quantitative estimate of drug-likeness (QED) is 0.660. The number of nitrogens with two attached hydrogens (primary N) is 1. The van der Waals surface area contributed by atoms with Crippen molar-refractivity contribution < 1.29 is 4.79 Å². The van der Waals surface area contributed by atoms with Crippen LogP contribution in [0.3, 0.4) is 0 Å². The summed E-state index contributed by atoms with van der Waals surface area (Å²) in [5, 5.41) is 0. The van der Waals surface area contributed by atoms with Gasteiger partial charge in [0.15, 0.2) is 0 Å². The monoisotopic (exact) mass is 266 g/mol. The number of hydrogen-bond acceptors (Lipinski definition) is 2. The largest absolute Gasteiger partial charge is 0.399 e. The van der Waals surface area contributed by atoms with E-state index < -0.39 is 5.41 Å². The number of halogens is 1. The topological polar surface area (TPSA) is 46.3 Å². The molecule has 2 rings (SSSR count). The first-order valence-electron chi connectivity index (χ1n) is 6.16. The van der Waals surface area contributed by atoms with Crippen LogP contribution in [0.4, 0.5) is 5.69 Å². The summed E-state index contributed by atoms with van der Waals surface area (Å²) in [7, 11) is 0. The van der Waals surface area contributed by atoms with Crippen molar-refractivity contribution in [3.63, 3.8) is 0 Å². The third kappa shape index (κ3) is 2.46. The van der Waals surface area contributed by atoms with Gasteiger partial charge in [0.25, 0.3) is 0 Å². The average molecular weight is 267 g/mol. The van der Waals surface area contributed by atoms with Crippen molar-refractivity contribution >= 4 is 23.2 Å². The summed E-state index contributed by atoms with van der Waals surface area (Å²) >= 11 is 5.87. The van der Waals surface area contributed by atoms with E-state index in [2.05, 4.69) is 6.07 Å². The number of nitrogen functional groups attached to an aromatic ring is 1. The molecule has 0 radical (unpaired) electrons. The molecule has 4 heteroatoms. The molecule has 0 unspecified atom stereocenters. The number of nitrogens with zero attached hydrogens (tertiary/aromatic N) is 1. The van der Waals surface area contributed by atoms with Gasteiger partial charge in [-0.3, -0.25) is 4.79 Å². The van der Waals surface area contributed by atoms with E-state index in [0.29, 0.717) is 12.4 Å². The van der Waals surface area contributed by atoms with Crippen LogP contribution < -0.4 is 5.73 Å². The van der Waals surface area contributed by atoms with Crippen LogP contribution in [0, 0.1) is 5.41 Å². The second-order valence-electron chi connectivity index (χ2n) is 5.52. The fraction of sp³-hybridized carbons (Fsp3) is 0.500. The van der Waals surface area contributed by atoms with Crippen LogP contribution in [0.5, 0.6) is 0 Å². The van der Waals surface area contributed by atoms with E-state index in [0.717, 1.165) is 24.2 Å². The Morgan fingerprint density at radius 2 is 2.17 bits per heavy atom. The first-order chi connectivity index (χ1) is 8.44. The summed E-state index contributed by atoms with van der Waals surface area (Å²) in [6.07, 6.45) is 0.889. The van der Waals surface area contributed by atoms with Gasteiger partial charge in [-0.2, -0.15) is 0 Å². The molecule has 0 spiro atoms. The Morgan fingerprint density at radius 3 is 2.83 bits per heavy atom. The van der Waals surface area contributed by atoms with Crippen molar-refractivity contribution in [1.82, 2.24) is 4.90 Å². The Hall–Kier alpha value is -1.22. The van der Waals surface area contributed by atoms with Crippen molar-refractivity contribution in [2.75, 3.05) is 18.2 Å². The fourth-order valence-corrected chi connectivity index (χ4v) is 2.35. The third-order valence-corrected chi connectivity index (χ3v) is 4.11. The van der Waals surface area contributed by atoms with Crippen molar-refractivity contribution in [2.24, 2.45) is 5.41 Å². The van der Waals surface area contributed by atoms with E-state index in [-0.39, 0.29) is 5.91 Å². The van der Waals surface area contributed by atoms with Crippen molar-refractivity contribution in [3.8, 4) is 0 Å². The molecule has 0 aromatic heterocycles. The minimum atomic E-state index is -0.501. The number of hydrogen-bond donors (Lipinski definition) is 1. The van der Waals surface area contributed by atoms with Crippen molar-refractivity contribution in [3.05, 3.63) is 29.3 Å². The van der Waals surface area contributed by atoms with Crippen LogP contribution in [0.15, 0.2) is 18.2 Å². The van der Waals surface area contributed by atoms with Crippen LogP contribution >= 0.6 is 11.6 Å². The Kier molecular flexibility index (Phi) is 3.53.